The van der Waals surface area contributed by atoms with Gasteiger partial charge in [0.2, 0.25) is 0 Å². The Kier molecular flexibility index (Phi) is 6.24. The van der Waals surface area contributed by atoms with Gasteiger partial charge in [-0.2, -0.15) is 4.31 Å². The first kappa shape index (κ1) is 22.0. The lowest BCUT2D eigenvalue weighted by Crippen LogP contribution is -2.45. The van der Waals surface area contributed by atoms with Crippen molar-refractivity contribution in [1.29, 1.82) is 0 Å². The number of sulfonamides is 1. The lowest BCUT2D eigenvalue weighted by atomic mass is 9.94. The highest BCUT2D eigenvalue weighted by molar-refractivity contribution is 7.89. The third-order valence-corrected chi connectivity index (χ3v) is 7.20. The molecule has 8 nitrogen and oxygen atoms in total. The first-order chi connectivity index (χ1) is 15.3. The van der Waals surface area contributed by atoms with Crippen LogP contribution in [0.1, 0.15) is 17.0 Å². The number of carbonyl (C=O) groups is 1. The van der Waals surface area contributed by atoms with E-state index in [2.05, 4.69) is 15.6 Å². The van der Waals surface area contributed by atoms with Gasteiger partial charge in [0.25, 0.3) is 10.0 Å². The summed E-state index contributed by atoms with van der Waals surface area (Å²) in [6.07, 6.45) is 2.86. The third kappa shape index (κ3) is 4.81. The highest BCUT2D eigenvalue weighted by Crippen LogP contribution is 2.31. The summed E-state index contributed by atoms with van der Waals surface area (Å²) < 4.78 is 42.5. The lowest BCUT2D eigenvalue weighted by molar-refractivity contribution is 0.236. The Morgan fingerprint density at radius 2 is 1.84 bits per heavy atom. The monoisotopic (exact) mass is 457 g/mol. The normalized spacial score (nSPS) is 19.1. The highest BCUT2D eigenvalue weighted by atomic mass is 32.2. The number of hydrogen-bond acceptors (Lipinski definition) is 4. The summed E-state index contributed by atoms with van der Waals surface area (Å²) in [5, 5.41) is 5.65. The number of aryl methyl sites for hydroxylation is 1. The van der Waals surface area contributed by atoms with E-state index < -0.39 is 22.1 Å². The second-order valence-corrected chi connectivity index (χ2v) is 9.66. The summed E-state index contributed by atoms with van der Waals surface area (Å²) in [5.74, 6) is -0.716. The highest BCUT2D eigenvalue weighted by Gasteiger charge is 2.41. The van der Waals surface area contributed by atoms with Crippen LogP contribution in [0, 0.1) is 5.82 Å². The molecule has 0 spiro atoms. The second-order valence-electron chi connectivity index (χ2n) is 7.78. The molecule has 2 heterocycles. The Balaban J connectivity index is 1.52. The molecule has 0 unspecified atom stereocenters. The molecule has 0 radical (unpaired) electrons. The van der Waals surface area contributed by atoms with Crippen LogP contribution in [-0.4, -0.2) is 47.4 Å². The molecule has 1 aliphatic heterocycles. The Morgan fingerprint density at radius 1 is 1.12 bits per heavy atom. The van der Waals surface area contributed by atoms with Gasteiger partial charge in [0, 0.05) is 38.8 Å². The number of rotatable bonds is 6. The average molecular weight is 458 g/mol. The van der Waals surface area contributed by atoms with E-state index in [1.807, 2.05) is 30.3 Å². The van der Waals surface area contributed by atoms with Crippen molar-refractivity contribution in [2.24, 2.45) is 7.05 Å². The third-order valence-electron chi connectivity index (χ3n) is 5.48. The number of urea groups is 1. The van der Waals surface area contributed by atoms with E-state index in [1.54, 1.807) is 23.7 Å². The molecule has 0 bridgehead atoms. The van der Waals surface area contributed by atoms with Gasteiger partial charge in [0.1, 0.15) is 5.82 Å². The van der Waals surface area contributed by atoms with Crippen molar-refractivity contribution < 1.29 is 17.6 Å². The number of hydrogen-bond donors (Lipinski definition) is 2. The molecule has 0 saturated carbocycles. The smallest absolute Gasteiger partial charge is 0.315 e. The van der Waals surface area contributed by atoms with Crippen LogP contribution >= 0.6 is 0 Å². The molecule has 1 aromatic heterocycles. The number of nitrogens with zero attached hydrogens (tertiary/aromatic N) is 3. The summed E-state index contributed by atoms with van der Waals surface area (Å²) in [7, 11) is -2.14. The summed E-state index contributed by atoms with van der Waals surface area (Å²) in [5.41, 5.74) is 1.70. The number of halogens is 1. The summed E-state index contributed by atoms with van der Waals surface area (Å²) in [6.45, 7) is 0.574. The molecule has 2 N–H and O–H groups in total. The molecule has 1 saturated heterocycles. The van der Waals surface area contributed by atoms with Gasteiger partial charge in [-0.1, -0.05) is 42.5 Å². The molecule has 2 atom stereocenters. The van der Waals surface area contributed by atoms with Crippen molar-refractivity contribution in [3.63, 3.8) is 0 Å². The SMILES string of the molecule is Cn1cnc(S(=O)(=O)N2C[C@H](NC(=O)NCc3ccccc3)[C@@H](c3ccc(F)cc3)C2)c1. The van der Waals surface area contributed by atoms with Gasteiger partial charge in [-0.25, -0.2) is 22.6 Å². The average Bonchev–Trinajstić information content (AvgIpc) is 3.41. The van der Waals surface area contributed by atoms with Gasteiger partial charge in [0.15, 0.2) is 5.03 Å². The van der Waals surface area contributed by atoms with Crippen LogP contribution in [0.25, 0.3) is 0 Å². The predicted octanol–water partition coefficient (Wildman–Crippen LogP) is 2.22. The fourth-order valence-corrected chi connectivity index (χ4v) is 5.27. The van der Waals surface area contributed by atoms with Crippen LogP contribution < -0.4 is 10.6 Å². The van der Waals surface area contributed by atoms with Gasteiger partial charge < -0.3 is 15.2 Å². The lowest BCUT2D eigenvalue weighted by Gasteiger charge is -2.20. The largest absolute Gasteiger partial charge is 0.339 e. The van der Waals surface area contributed by atoms with Gasteiger partial charge in [-0.15, -0.1) is 0 Å². The number of amides is 2. The topological polar surface area (TPSA) is 96.3 Å². The van der Waals surface area contributed by atoms with Gasteiger partial charge >= 0.3 is 6.03 Å². The zero-order valence-electron chi connectivity index (χ0n) is 17.5. The molecule has 4 rings (SSSR count). The number of carbonyl (C=O) groups excluding carboxylic acids is 1. The van der Waals surface area contributed by atoms with Crippen LogP contribution in [0.15, 0.2) is 72.1 Å². The molecule has 1 fully saturated rings. The van der Waals surface area contributed by atoms with Crippen LogP contribution in [0.3, 0.4) is 0 Å². The van der Waals surface area contributed by atoms with Crippen LogP contribution in [0.5, 0.6) is 0 Å². The van der Waals surface area contributed by atoms with E-state index in [0.717, 1.165) is 11.1 Å². The first-order valence-electron chi connectivity index (χ1n) is 10.1. The van der Waals surface area contributed by atoms with Gasteiger partial charge in [-0.3, -0.25) is 0 Å². The standard InChI is InChI=1S/C22H24FN5O3S/c1-27-14-21(25-15-27)32(30,31)28-12-19(17-7-9-18(23)10-8-17)20(13-28)26-22(29)24-11-16-5-3-2-4-6-16/h2-10,14-15,19-20H,11-13H2,1H3,(H2,24,26,29)/t19-,20+/m1/s1. The Hall–Kier alpha value is -3.24. The van der Waals surface area contributed by atoms with Crippen molar-refractivity contribution >= 4 is 16.1 Å². The molecular formula is C22H24FN5O3S. The molecule has 2 aromatic carbocycles. The molecule has 2 amide bonds. The second kappa shape index (κ2) is 9.09. The van der Waals surface area contributed by atoms with E-state index >= 15 is 0 Å². The maximum Gasteiger partial charge on any atom is 0.315 e. The molecule has 10 heteroatoms. The maximum absolute atomic E-state index is 13.4. The number of aromatic nitrogens is 2. The van der Waals surface area contributed by atoms with Crippen molar-refractivity contribution in [3.8, 4) is 0 Å². The summed E-state index contributed by atoms with van der Waals surface area (Å²) in [6, 6.07) is 14.5. The molecule has 168 valence electrons. The fourth-order valence-electron chi connectivity index (χ4n) is 3.81. The Labute approximate surface area is 186 Å². The quantitative estimate of drug-likeness (QED) is 0.593. The zero-order chi connectivity index (χ0) is 22.7. The minimum Gasteiger partial charge on any atom is -0.339 e. The molecule has 32 heavy (non-hydrogen) atoms. The number of benzene rings is 2. The molecule has 0 aliphatic carbocycles. The number of nitrogens with one attached hydrogen (secondary N) is 2. The molecule has 3 aromatic rings. The van der Waals surface area contributed by atoms with Gasteiger partial charge in [-0.05, 0) is 23.3 Å². The van der Waals surface area contributed by atoms with Crippen molar-refractivity contribution in [3.05, 3.63) is 84.1 Å². The predicted molar refractivity (Wildman–Crippen MR) is 117 cm³/mol. The molecular weight excluding hydrogens is 433 g/mol. The number of imidazole rings is 1. The first-order valence-corrected chi connectivity index (χ1v) is 11.6. The summed E-state index contributed by atoms with van der Waals surface area (Å²) >= 11 is 0. The summed E-state index contributed by atoms with van der Waals surface area (Å²) in [4.78, 5) is 16.5. The minimum absolute atomic E-state index is 0.0490. The minimum atomic E-state index is -3.84. The van der Waals surface area contributed by atoms with Gasteiger partial charge in [0.05, 0.1) is 12.4 Å². The molecule has 1 aliphatic rings. The Morgan fingerprint density at radius 3 is 2.50 bits per heavy atom. The van der Waals surface area contributed by atoms with E-state index in [0.29, 0.717) is 6.54 Å². The van der Waals surface area contributed by atoms with Crippen LogP contribution in [-0.2, 0) is 23.6 Å². The van der Waals surface area contributed by atoms with Crippen LogP contribution in [0.4, 0.5) is 9.18 Å². The van der Waals surface area contributed by atoms with E-state index in [-0.39, 0.29) is 29.9 Å². The zero-order valence-corrected chi connectivity index (χ0v) is 18.3. The van der Waals surface area contributed by atoms with E-state index in [4.69, 9.17) is 0 Å². The van der Waals surface area contributed by atoms with Crippen molar-refractivity contribution in [2.75, 3.05) is 13.1 Å². The van der Waals surface area contributed by atoms with Crippen LogP contribution in [0.2, 0.25) is 0 Å². The Bertz CT molecular complexity index is 1180. The fraction of sp³-hybridized carbons (Fsp3) is 0.273. The van der Waals surface area contributed by atoms with Crippen molar-refractivity contribution in [2.45, 2.75) is 23.5 Å². The van der Waals surface area contributed by atoms with E-state index in [1.165, 1.54) is 29.0 Å². The maximum atomic E-state index is 13.4. The van der Waals surface area contributed by atoms with E-state index in [9.17, 15) is 17.6 Å². The van der Waals surface area contributed by atoms with Crippen molar-refractivity contribution in [1.82, 2.24) is 24.5 Å².